The monoisotopic (exact) mass is 162 g/mol. The zero-order valence-corrected chi connectivity index (χ0v) is 6.20. The van der Waals surface area contributed by atoms with Gasteiger partial charge in [-0.2, -0.15) is 13.2 Å². The lowest BCUT2D eigenvalue weighted by atomic mass is 10.2. The molecule has 0 N–H and O–H groups in total. The molecule has 0 fully saturated rings. The van der Waals surface area contributed by atoms with Crippen molar-refractivity contribution >= 4 is 0 Å². The summed E-state index contributed by atoms with van der Waals surface area (Å²) in [6.07, 6.45) is -2.15. The highest BCUT2D eigenvalue weighted by Crippen LogP contribution is 2.24. The SMILES string of the molecule is C=C(C)/C=C\C(=C)C(F)(F)F. The summed E-state index contributed by atoms with van der Waals surface area (Å²) >= 11 is 0. The lowest BCUT2D eigenvalue weighted by molar-refractivity contribution is -0.0878. The molecular formula is C8H9F3. The Morgan fingerprint density at radius 3 is 1.91 bits per heavy atom. The van der Waals surface area contributed by atoms with E-state index in [1.54, 1.807) is 6.92 Å². The molecule has 0 heterocycles. The molecule has 0 aromatic rings. The standard InChI is InChI=1S/C8H9F3/c1-6(2)4-5-7(3)8(9,10)11/h4-5H,1,3H2,2H3/b5-4-. The number of allylic oxidation sites excluding steroid dienone is 4. The van der Waals surface area contributed by atoms with E-state index >= 15 is 0 Å². The molecule has 0 bridgehead atoms. The fourth-order valence-electron chi connectivity index (χ4n) is 0.337. The molecule has 0 radical (unpaired) electrons. The lowest BCUT2D eigenvalue weighted by Gasteiger charge is -2.03. The largest absolute Gasteiger partial charge is 0.415 e. The van der Waals surface area contributed by atoms with Gasteiger partial charge in [0.1, 0.15) is 0 Å². The van der Waals surface area contributed by atoms with Gasteiger partial charge in [0.05, 0.1) is 0 Å². The Morgan fingerprint density at radius 1 is 1.18 bits per heavy atom. The van der Waals surface area contributed by atoms with Crippen molar-refractivity contribution in [2.75, 3.05) is 0 Å². The maximum atomic E-state index is 11.7. The van der Waals surface area contributed by atoms with Crippen LogP contribution in [-0.2, 0) is 0 Å². The van der Waals surface area contributed by atoms with E-state index in [-0.39, 0.29) is 0 Å². The number of rotatable bonds is 2. The second-order valence-electron chi connectivity index (χ2n) is 2.20. The Hall–Kier alpha value is -0.990. The van der Waals surface area contributed by atoms with Crippen molar-refractivity contribution in [1.82, 2.24) is 0 Å². The number of halogens is 3. The third-order valence-corrected chi connectivity index (χ3v) is 0.933. The van der Waals surface area contributed by atoms with Crippen LogP contribution >= 0.6 is 0 Å². The van der Waals surface area contributed by atoms with Crippen LogP contribution in [0.5, 0.6) is 0 Å². The maximum absolute atomic E-state index is 11.7. The van der Waals surface area contributed by atoms with Gasteiger partial charge in [-0.05, 0) is 6.92 Å². The molecule has 0 unspecified atom stereocenters. The molecule has 62 valence electrons. The molecular weight excluding hydrogens is 153 g/mol. The Balaban J connectivity index is 4.20. The summed E-state index contributed by atoms with van der Waals surface area (Å²) in [5.74, 6) is 0. The summed E-state index contributed by atoms with van der Waals surface area (Å²) in [4.78, 5) is 0. The fraction of sp³-hybridized carbons (Fsp3) is 0.250. The third-order valence-electron chi connectivity index (χ3n) is 0.933. The summed E-state index contributed by atoms with van der Waals surface area (Å²) in [5, 5.41) is 0. The summed E-state index contributed by atoms with van der Waals surface area (Å²) < 4.78 is 35.2. The molecule has 0 aliphatic heterocycles. The third kappa shape index (κ3) is 4.42. The first-order valence-electron chi connectivity index (χ1n) is 2.93. The van der Waals surface area contributed by atoms with Gasteiger partial charge >= 0.3 is 6.18 Å². The second-order valence-corrected chi connectivity index (χ2v) is 2.20. The zero-order chi connectivity index (χ0) is 9.07. The molecule has 0 spiro atoms. The smallest absolute Gasteiger partial charge is 0.166 e. The molecule has 0 aliphatic rings. The Labute approximate surface area is 63.7 Å². The minimum absolute atomic E-state index is 0.565. The van der Waals surface area contributed by atoms with Crippen LogP contribution in [0, 0.1) is 0 Å². The van der Waals surface area contributed by atoms with E-state index in [1.165, 1.54) is 6.08 Å². The van der Waals surface area contributed by atoms with Gasteiger partial charge in [-0.25, -0.2) is 0 Å². The Morgan fingerprint density at radius 2 is 1.64 bits per heavy atom. The van der Waals surface area contributed by atoms with Crippen molar-refractivity contribution in [2.24, 2.45) is 0 Å². The second kappa shape index (κ2) is 3.42. The van der Waals surface area contributed by atoms with E-state index in [1.807, 2.05) is 0 Å². The van der Waals surface area contributed by atoms with E-state index in [0.29, 0.717) is 5.57 Å². The minimum Gasteiger partial charge on any atom is -0.166 e. The molecule has 0 amide bonds. The van der Waals surface area contributed by atoms with Gasteiger partial charge in [-0.15, -0.1) is 0 Å². The predicted octanol–water partition coefficient (Wildman–Crippen LogP) is 3.24. The van der Waals surface area contributed by atoms with E-state index in [0.717, 1.165) is 6.08 Å². The maximum Gasteiger partial charge on any atom is 0.415 e. The molecule has 3 heteroatoms. The van der Waals surface area contributed by atoms with E-state index in [4.69, 9.17) is 0 Å². The number of hydrogen-bond acceptors (Lipinski definition) is 0. The molecule has 0 aromatic carbocycles. The van der Waals surface area contributed by atoms with E-state index < -0.39 is 11.7 Å². The van der Waals surface area contributed by atoms with E-state index in [2.05, 4.69) is 13.2 Å². The van der Waals surface area contributed by atoms with Gasteiger partial charge < -0.3 is 0 Å². The lowest BCUT2D eigenvalue weighted by Crippen LogP contribution is -2.08. The van der Waals surface area contributed by atoms with Gasteiger partial charge in [0.25, 0.3) is 0 Å². The summed E-state index contributed by atoms with van der Waals surface area (Å²) in [6, 6.07) is 0. The highest BCUT2D eigenvalue weighted by atomic mass is 19.4. The molecule has 0 atom stereocenters. The first-order chi connectivity index (χ1) is 4.84. The highest BCUT2D eigenvalue weighted by Gasteiger charge is 2.29. The Kier molecular flexibility index (Phi) is 3.11. The van der Waals surface area contributed by atoms with Crippen molar-refractivity contribution in [3.05, 3.63) is 36.5 Å². The van der Waals surface area contributed by atoms with Crippen LogP contribution in [0.25, 0.3) is 0 Å². The van der Waals surface area contributed by atoms with Crippen LogP contribution < -0.4 is 0 Å². The quantitative estimate of drug-likeness (QED) is 0.547. The van der Waals surface area contributed by atoms with Crippen molar-refractivity contribution in [1.29, 1.82) is 0 Å². The van der Waals surface area contributed by atoms with Crippen LogP contribution in [0.15, 0.2) is 36.5 Å². The van der Waals surface area contributed by atoms with E-state index in [9.17, 15) is 13.2 Å². The molecule has 0 saturated heterocycles. The summed E-state index contributed by atoms with van der Waals surface area (Å²) in [6.45, 7) is 7.87. The van der Waals surface area contributed by atoms with Gasteiger partial charge in [0, 0.05) is 5.57 Å². The molecule has 0 saturated carbocycles. The van der Waals surface area contributed by atoms with Crippen molar-refractivity contribution < 1.29 is 13.2 Å². The van der Waals surface area contributed by atoms with Crippen molar-refractivity contribution in [3.8, 4) is 0 Å². The summed E-state index contributed by atoms with van der Waals surface area (Å²) in [5.41, 5.74) is -0.295. The van der Waals surface area contributed by atoms with Gasteiger partial charge in [-0.3, -0.25) is 0 Å². The van der Waals surface area contributed by atoms with Gasteiger partial charge in [-0.1, -0.05) is 30.9 Å². The Bertz CT molecular complexity index is 196. The molecule has 0 rings (SSSR count). The van der Waals surface area contributed by atoms with Gasteiger partial charge in [0.15, 0.2) is 0 Å². The molecule has 0 aliphatic carbocycles. The first-order valence-corrected chi connectivity index (χ1v) is 2.93. The van der Waals surface area contributed by atoms with Crippen LogP contribution in [0.4, 0.5) is 13.2 Å². The highest BCUT2D eigenvalue weighted by molar-refractivity contribution is 5.25. The number of alkyl halides is 3. The van der Waals surface area contributed by atoms with Gasteiger partial charge in [0.2, 0.25) is 0 Å². The van der Waals surface area contributed by atoms with Crippen molar-refractivity contribution in [3.63, 3.8) is 0 Å². The molecule has 11 heavy (non-hydrogen) atoms. The number of hydrogen-bond donors (Lipinski definition) is 0. The fourth-order valence-corrected chi connectivity index (χ4v) is 0.337. The average Bonchev–Trinajstić information content (AvgIpc) is 1.80. The predicted molar refractivity (Wildman–Crippen MR) is 39.1 cm³/mol. The first kappa shape index (κ1) is 10.0. The molecule has 0 aromatic heterocycles. The summed E-state index contributed by atoms with van der Waals surface area (Å²) in [7, 11) is 0. The van der Waals surface area contributed by atoms with Crippen LogP contribution in [0.3, 0.4) is 0 Å². The molecule has 0 nitrogen and oxygen atoms in total. The minimum atomic E-state index is -4.33. The van der Waals surface area contributed by atoms with Crippen LogP contribution in [0.1, 0.15) is 6.92 Å². The zero-order valence-electron chi connectivity index (χ0n) is 6.20. The van der Waals surface area contributed by atoms with Crippen LogP contribution in [0.2, 0.25) is 0 Å². The van der Waals surface area contributed by atoms with Crippen LogP contribution in [-0.4, -0.2) is 6.18 Å². The topological polar surface area (TPSA) is 0 Å². The average molecular weight is 162 g/mol. The van der Waals surface area contributed by atoms with Crippen molar-refractivity contribution in [2.45, 2.75) is 13.1 Å². The normalized spacial score (nSPS) is 12.0.